The summed E-state index contributed by atoms with van der Waals surface area (Å²) >= 11 is 0. The molecule has 0 bridgehead atoms. The van der Waals surface area contributed by atoms with E-state index in [4.69, 9.17) is 0 Å². The first-order valence-electron chi connectivity index (χ1n) is 3.34. The molecular weight excluding hydrogens is 158 g/mol. The second-order valence-corrected chi connectivity index (χ2v) is 2.29. The third kappa shape index (κ3) is 0.833. The Morgan fingerprint density at radius 3 is 2.42 bits per heavy atom. The van der Waals surface area contributed by atoms with E-state index >= 15 is 0 Å². The maximum Gasteiger partial charge on any atom is 0.259 e. The summed E-state index contributed by atoms with van der Waals surface area (Å²) in [5.41, 5.74) is 0. The molecule has 5 nitrogen and oxygen atoms in total. The lowest BCUT2D eigenvalue weighted by Crippen LogP contribution is -2.29. The molecule has 0 saturated carbocycles. The molecule has 1 N–H and O–H groups in total. The maximum absolute atomic E-state index is 11.1. The van der Waals surface area contributed by atoms with Gasteiger partial charge in [-0.25, -0.2) is 4.90 Å². The lowest BCUT2D eigenvalue weighted by atomic mass is 10.5. The molecule has 0 aliphatic carbocycles. The van der Waals surface area contributed by atoms with Crippen molar-refractivity contribution >= 4 is 17.6 Å². The molecule has 0 atom stereocenters. The summed E-state index contributed by atoms with van der Waals surface area (Å²) in [6, 6.07) is 1.56. The van der Waals surface area contributed by atoms with Crippen molar-refractivity contribution in [3.63, 3.8) is 0 Å². The van der Waals surface area contributed by atoms with Gasteiger partial charge in [0.2, 0.25) is 0 Å². The second kappa shape index (κ2) is 2.30. The van der Waals surface area contributed by atoms with E-state index in [1.807, 2.05) is 0 Å². The van der Waals surface area contributed by atoms with Crippen molar-refractivity contribution < 1.29 is 9.59 Å². The molecule has 1 aliphatic rings. The van der Waals surface area contributed by atoms with Crippen LogP contribution in [0.5, 0.6) is 0 Å². The minimum Gasteiger partial charge on any atom is -0.269 e. The first-order chi connectivity index (χ1) is 5.79. The lowest BCUT2D eigenvalue weighted by molar-refractivity contribution is -0.120. The zero-order valence-corrected chi connectivity index (χ0v) is 6.02. The lowest BCUT2D eigenvalue weighted by Gasteiger charge is -2.09. The number of hydrogen-bond acceptors (Lipinski definition) is 3. The average molecular weight is 163 g/mol. The fourth-order valence-corrected chi connectivity index (χ4v) is 1.01. The number of hydrogen-bond donors (Lipinski definition) is 1. The summed E-state index contributed by atoms with van der Waals surface area (Å²) in [5, 5.41) is 6.17. The molecule has 0 spiro atoms. The van der Waals surface area contributed by atoms with Crippen LogP contribution in [0.2, 0.25) is 0 Å². The van der Waals surface area contributed by atoms with Crippen LogP contribution in [0.1, 0.15) is 0 Å². The molecule has 2 rings (SSSR count). The number of aromatic nitrogens is 2. The molecule has 60 valence electrons. The van der Waals surface area contributed by atoms with E-state index < -0.39 is 0 Å². The maximum atomic E-state index is 11.1. The normalized spacial score (nSPS) is 16.2. The first kappa shape index (κ1) is 6.78. The minimum absolute atomic E-state index is 0.343. The van der Waals surface area contributed by atoms with Gasteiger partial charge in [0.1, 0.15) is 5.82 Å². The Balaban J connectivity index is 2.37. The molecule has 12 heavy (non-hydrogen) atoms. The van der Waals surface area contributed by atoms with E-state index in [0.29, 0.717) is 5.82 Å². The Labute approximate surface area is 67.7 Å². The van der Waals surface area contributed by atoms with E-state index in [-0.39, 0.29) is 11.8 Å². The number of nitrogens with zero attached hydrogens (tertiary/aromatic N) is 2. The number of H-pyrrole nitrogens is 1. The zero-order valence-electron chi connectivity index (χ0n) is 6.02. The predicted octanol–water partition coefficient (Wildman–Crippen LogP) is -0.161. The average Bonchev–Trinajstić information content (AvgIpc) is 2.61. The summed E-state index contributed by atoms with van der Waals surface area (Å²) in [5.74, 6) is -0.288. The highest BCUT2D eigenvalue weighted by Crippen LogP contribution is 2.13. The summed E-state index contributed by atoms with van der Waals surface area (Å²) in [4.78, 5) is 23.1. The van der Waals surface area contributed by atoms with Gasteiger partial charge < -0.3 is 0 Å². The molecule has 0 fully saturated rings. The van der Waals surface area contributed by atoms with Gasteiger partial charge in [0.05, 0.1) is 6.20 Å². The van der Waals surface area contributed by atoms with Crippen molar-refractivity contribution in [1.29, 1.82) is 0 Å². The Morgan fingerprint density at radius 1 is 1.25 bits per heavy atom. The van der Waals surface area contributed by atoms with E-state index in [9.17, 15) is 9.59 Å². The van der Waals surface area contributed by atoms with Crippen molar-refractivity contribution in [2.24, 2.45) is 0 Å². The van der Waals surface area contributed by atoms with Crippen LogP contribution in [0.25, 0.3) is 0 Å². The van der Waals surface area contributed by atoms with Crippen LogP contribution in [0.4, 0.5) is 5.82 Å². The van der Waals surface area contributed by atoms with Gasteiger partial charge in [-0.2, -0.15) is 5.10 Å². The summed E-state index contributed by atoms with van der Waals surface area (Å²) in [7, 11) is 0. The Kier molecular flexibility index (Phi) is 1.30. The number of rotatable bonds is 1. The van der Waals surface area contributed by atoms with Crippen molar-refractivity contribution in [2.75, 3.05) is 4.90 Å². The van der Waals surface area contributed by atoms with Gasteiger partial charge in [-0.3, -0.25) is 14.7 Å². The van der Waals surface area contributed by atoms with Gasteiger partial charge >= 0.3 is 0 Å². The van der Waals surface area contributed by atoms with Crippen LogP contribution in [0.15, 0.2) is 24.4 Å². The van der Waals surface area contributed by atoms with E-state index in [1.165, 1.54) is 18.3 Å². The molecule has 1 aromatic heterocycles. The second-order valence-electron chi connectivity index (χ2n) is 2.29. The van der Waals surface area contributed by atoms with E-state index in [0.717, 1.165) is 4.90 Å². The van der Waals surface area contributed by atoms with Crippen LogP contribution >= 0.6 is 0 Å². The van der Waals surface area contributed by atoms with Crippen LogP contribution in [0, 0.1) is 0 Å². The molecule has 0 radical (unpaired) electrons. The Hall–Kier alpha value is -1.91. The SMILES string of the molecule is O=C1C=CC(=O)N1c1ccn[nH]1. The van der Waals surface area contributed by atoms with Gasteiger partial charge in [0.15, 0.2) is 0 Å². The quantitative estimate of drug-likeness (QED) is 0.585. The molecule has 1 aliphatic heterocycles. The fourth-order valence-electron chi connectivity index (χ4n) is 1.01. The van der Waals surface area contributed by atoms with E-state index in [1.54, 1.807) is 6.07 Å². The fraction of sp³-hybridized carbons (Fsp3) is 0. The minimum atomic E-state index is -0.343. The largest absolute Gasteiger partial charge is 0.269 e. The first-order valence-corrected chi connectivity index (χ1v) is 3.34. The van der Waals surface area contributed by atoms with Crippen molar-refractivity contribution in [3.8, 4) is 0 Å². The van der Waals surface area contributed by atoms with Gasteiger partial charge in [0.25, 0.3) is 11.8 Å². The highest BCUT2D eigenvalue weighted by atomic mass is 16.2. The smallest absolute Gasteiger partial charge is 0.259 e. The number of carbonyl (C=O) groups excluding carboxylic acids is 2. The molecule has 2 amide bonds. The monoisotopic (exact) mass is 163 g/mol. The molecule has 0 unspecified atom stereocenters. The highest BCUT2D eigenvalue weighted by molar-refractivity contribution is 6.27. The van der Waals surface area contributed by atoms with Crippen LogP contribution < -0.4 is 4.90 Å². The number of carbonyl (C=O) groups is 2. The molecule has 0 aromatic carbocycles. The molecular formula is C7H5N3O2. The standard InChI is InChI=1S/C7H5N3O2/c11-6-1-2-7(12)10(6)5-3-4-8-9-5/h1-4H,(H,8,9). The topological polar surface area (TPSA) is 66.1 Å². The van der Waals surface area contributed by atoms with E-state index in [2.05, 4.69) is 10.2 Å². The van der Waals surface area contributed by atoms with Gasteiger partial charge in [-0.1, -0.05) is 0 Å². The van der Waals surface area contributed by atoms with Crippen molar-refractivity contribution in [3.05, 3.63) is 24.4 Å². The molecule has 2 heterocycles. The zero-order chi connectivity index (χ0) is 8.55. The summed E-state index contributed by atoms with van der Waals surface area (Å²) in [6.07, 6.45) is 3.93. The highest BCUT2D eigenvalue weighted by Gasteiger charge is 2.25. The number of anilines is 1. The van der Waals surface area contributed by atoms with Crippen molar-refractivity contribution in [1.82, 2.24) is 10.2 Å². The Bertz CT molecular complexity index is 335. The molecule has 0 saturated heterocycles. The van der Waals surface area contributed by atoms with Gasteiger partial charge in [0, 0.05) is 18.2 Å². The number of amides is 2. The molecule has 5 heteroatoms. The summed E-state index contributed by atoms with van der Waals surface area (Å²) in [6.45, 7) is 0. The van der Waals surface area contributed by atoms with Gasteiger partial charge in [-0.05, 0) is 0 Å². The van der Waals surface area contributed by atoms with Crippen LogP contribution in [0.3, 0.4) is 0 Å². The Morgan fingerprint density at radius 2 is 1.92 bits per heavy atom. The number of imide groups is 1. The summed E-state index contributed by atoms with van der Waals surface area (Å²) < 4.78 is 0. The van der Waals surface area contributed by atoms with Crippen LogP contribution in [-0.4, -0.2) is 22.0 Å². The molecule has 1 aromatic rings. The third-order valence-corrected chi connectivity index (χ3v) is 1.54. The van der Waals surface area contributed by atoms with Crippen molar-refractivity contribution in [2.45, 2.75) is 0 Å². The predicted molar refractivity (Wildman–Crippen MR) is 40.2 cm³/mol. The van der Waals surface area contributed by atoms with Gasteiger partial charge in [-0.15, -0.1) is 0 Å². The number of nitrogens with one attached hydrogen (secondary N) is 1. The van der Waals surface area contributed by atoms with Crippen LogP contribution in [-0.2, 0) is 9.59 Å². The third-order valence-electron chi connectivity index (χ3n) is 1.54. The number of aromatic amines is 1.